The van der Waals surface area contributed by atoms with Gasteiger partial charge in [-0.15, -0.1) is 0 Å². The summed E-state index contributed by atoms with van der Waals surface area (Å²) in [5.41, 5.74) is 6.45. The minimum Gasteiger partial charge on any atom is -0.342 e. The molecule has 3 aromatic rings. The van der Waals surface area contributed by atoms with Gasteiger partial charge in [0.25, 0.3) is 0 Å². The lowest BCUT2D eigenvalue weighted by Gasteiger charge is -2.41. The molecule has 6 nitrogen and oxygen atoms in total. The molecule has 2 aromatic heterocycles. The Balaban J connectivity index is 1.62. The van der Waals surface area contributed by atoms with Crippen molar-refractivity contribution in [2.75, 3.05) is 18.0 Å². The van der Waals surface area contributed by atoms with Crippen molar-refractivity contribution in [3.63, 3.8) is 0 Å². The van der Waals surface area contributed by atoms with E-state index >= 15 is 0 Å². The first-order chi connectivity index (χ1) is 13.7. The summed E-state index contributed by atoms with van der Waals surface area (Å²) < 4.78 is 66.7. The molecule has 1 saturated heterocycles. The first-order valence-electron chi connectivity index (χ1n) is 8.98. The molecule has 30 heavy (non-hydrogen) atoms. The number of H-pyrrole nitrogens is 1. The molecule has 164 valence electrons. The van der Waals surface area contributed by atoms with Crippen LogP contribution in [0.2, 0.25) is 0 Å². The van der Waals surface area contributed by atoms with Crippen LogP contribution in [0.1, 0.15) is 19.8 Å². The number of halogens is 5. The van der Waals surface area contributed by atoms with Crippen molar-refractivity contribution < 1.29 is 19.4 Å². The molecule has 1 aromatic carbocycles. The molecule has 3 heterocycles. The Morgan fingerprint density at radius 2 is 1.77 bits per heavy atom. The van der Waals surface area contributed by atoms with Crippen LogP contribution in [0.25, 0.3) is 11.3 Å². The summed E-state index contributed by atoms with van der Waals surface area (Å²) in [6, 6.07) is 3.56. The number of hydrogen-bond acceptors (Lipinski definition) is 6. The van der Waals surface area contributed by atoms with Crippen LogP contribution < -0.4 is 10.6 Å². The average Bonchev–Trinajstić information content (AvgIpc) is 3.03. The third-order valence-corrected chi connectivity index (χ3v) is 7.16. The fourth-order valence-corrected chi connectivity index (χ4v) is 5.32. The Hall–Kier alpha value is -2.12. The number of piperidine rings is 1. The van der Waals surface area contributed by atoms with Gasteiger partial charge in [-0.1, -0.05) is 43.3 Å². The van der Waals surface area contributed by atoms with E-state index in [0.717, 1.165) is 25.0 Å². The molecule has 0 radical (unpaired) electrons. The van der Waals surface area contributed by atoms with Gasteiger partial charge in [-0.25, -0.2) is 9.97 Å². The summed E-state index contributed by atoms with van der Waals surface area (Å²) in [7, 11) is -9.84. The molecule has 0 saturated carbocycles. The monoisotopic (exact) mass is 466 g/mol. The van der Waals surface area contributed by atoms with Gasteiger partial charge in [0.1, 0.15) is 9.92 Å². The highest BCUT2D eigenvalue weighted by molar-refractivity contribution is 8.45. The number of nitrogens with one attached hydrogen (secondary N) is 1. The van der Waals surface area contributed by atoms with Crippen LogP contribution in [0.3, 0.4) is 0 Å². The van der Waals surface area contributed by atoms with Crippen LogP contribution in [-0.4, -0.2) is 38.6 Å². The van der Waals surface area contributed by atoms with Gasteiger partial charge >= 0.3 is 10.2 Å². The zero-order valence-corrected chi connectivity index (χ0v) is 17.4. The first kappa shape index (κ1) is 21.1. The number of fused-ring (bicyclic) bond motifs is 1. The van der Waals surface area contributed by atoms with E-state index in [2.05, 4.69) is 19.9 Å². The van der Waals surface area contributed by atoms with Gasteiger partial charge < -0.3 is 15.6 Å². The van der Waals surface area contributed by atoms with Gasteiger partial charge in [0.2, 0.25) is 5.95 Å². The molecule has 1 aliphatic heterocycles. The smallest absolute Gasteiger partial charge is 0.311 e. The SMILES string of the molecule is CC1(N)CCN(c2nc3ncc(Sc4ccccc4S(F)(F)(F)(F)F)nc3[nH]2)CC1. The highest BCUT2D eigenvalue weighted by atomic mass is 32.5. The average molecular weight is 467 g/mol. The zero-order chi connectivity index (χ0) is 21.8. The Labute approximate surface area is 173 Å². The predicted molar refractivity (Wildman–Crippen MR) is 108 cm³/mol. The van der Waals surface area contributed by atoms with E-state index in [1.807, 2.05) is 11.8 Å². The molecular weight excluding hydrogens is 447 g/mol. The molecule has 0 atom stereocenters. The number of rotatable bonds is 4. The summed E-state index contributed by atoms with van der Waals surface area (Å²) in [5, 5.41) is 0.0418. The number of aromatic nitrogens is 4. The molecule has 0 aliphatic carbocycles. The third kappa shape index (κ3) is 4.47. The predicted octanol–water partition coefficient (Wildman–Crippen LogP) is 5.48. The minimum atomic E-state index is -9.84. The lowest BCUT2D eigenvalue weighted by Crippen LogP contribution is -2.48. The highest BCUT2D eigenvalue weighted by Crippen LogP contribution is 3.02. The fourth-order valence-electron chi connectivity index (χ4n) is 3.16. The zero-order valence-electron chi connectivity index (χ0n) is 15.8. The Bertz CT molecular complexity index is 1110. The summed E-state index contributed by atoms with van der Waals surface area (Å²) in [6.45, 7) is 3.36. The second-order valence-corrected chi connectivity index (χ2v) is 11.0. The maximum absolute atomic E-state index is 13.3. The maximum atomic E-state index is 13.3. The van der Waals surface area contributed by atoms with Crippen molar-refractivity contribution in [2.24, 2.45) is 5.73 Å². The quantitative estimate of drug-likeness (QED) is 0.496. The second kappa shape index (κ2) is 6.20. The van der Waals surface area contributed by atoms with Gasteiger partial charge in [0.05, 0.1) is 6.20 Å². The van der Waals surface area contributed by atoms with E-state index in [1.54, 1.807) is 0 Å². The molecule has 1 aliphatic rings. The number of nitrogens with zero attached hydrogens (tertiary/aromatic N) is 4. The number of benzene rings is 1. The van der Waals surface area contributed by atoms with Crippen LogP contribution in [0, 0.1) is 0 Å². The van der Waals surface area contributed by atoms with E-state index in [1.165, 1.54) is 12.3 Å². The lowest BCUT2D eigenvalue weighted by molar-refractivity contribution is 0.360. The number of imidazole rings is 1. The highest BCUT2D eigenvalue weighted by Gasteiger charge is 2.66. The molecule has 13 heteroatoms. The van der Waals surface area contributed by atoms with E-state index in [0.29, 0.717) is 36.9 Å². The van der Waals surface area contributed by atoms with E-state index in [-0.39, 0.29) is 21.9 Å². The Morgan fingerprint density at radius 3 is 2.43 bits per heavy atom. The first-order valence-corrected chi connectivity index (χ1v) is 11.7. The van der Waals surface area contributed by atoms with Gasteiger partial charge in [-0.05, 0) is 31.9 Å². The largest absolute Gasteiger partial charge is 0.342 e. The van der Waals surface area contributed by atoms with Crippen molar-refractivity contribution >= 4 is 39.2 Å². The van der Waals surface area contributed by atoms with Crippen LogP contribution in [0.15, 0.2) is 45.3 Å². The van der Waals surface area contributed by atoms with Crippen LogP contribution in [0.5, 0.6) is 0 Å². The van der Waals surface area contributed by atoms with Gasteiger partial charge in [0.15, 0.2) is 11.3 Å². The van der Waals surface area contributed by atoms with Crippen LogP contribution in [0.4, 0.5) is 25.4 Å². The molecule has 1 fully saturated rings. The molecular formula is C17H19F5N6S2. The standard InChI is InChI=1S/C17H19F5N6S2/c1-17(23)6-8-28(9-7-17)16-26-14-15(27-16)25-13(10-24-14)29-11-4-2-3-5-12(11)30(18,19,20,21)22/h2-5,10H,6-9,23H2,1H3,(H,24,25,26,27). The Kier molecular flexibility index (Phi) is 4.37. The summed E-state index contributed by atoms with van der Waals surface area (Å²) in [5.74, 6) is 0.537. The van der Waals surface area contributed by atoms with Gasteiger partial charge in [-0.2, -0.15) is 4.98 Å². The van der Waals surface area contributed by atoms with Crippen molar-refractivity contribution in [1.29, 1.82) is 0 Å². The van der Waals surface area contributed by atoms with Gasteiger partial charge in [0, 0.05) is 23.5 Å². The van der Waals surface area contributed by atoms with Crippen LogP contribution >= 0.6 is 22.0 Å². The fraction of sp³-hybridized carbons (Fsp3) is 0.353. The molecule has 4 rings (SSSR count). The van der Waals surface area contributed by atoms with Crippen molar-refractivity contribution in [1.82, 2.24) is 19.9 Å². The third-order valence-electron chi connectivity index (χ3n) is 4.86. The molecule has 0 amide bonds. The second-order valence-electron chi connectivity index (χ2n) is 7.60. The molecule has 0 spiro atoms. The number of anilines is 1. The molecule has 0 unspecified atom stereocenters. The maximum Gasteiger partial charge on any atom is 0.311 e. The van der Waals surface area contributed by atoms with Crippen molar-refractivity contribution in [2.45, 2.75) is 40.1 Å². The lowest BCUT2D eigenvalue weighted by atomic mass is 9.91. The summed E-state index contributed by atoms with van der Waals surface area (Å²) in [6.07, 6.45) is 2.77. The van der Waals surface area contributed by atoms with E-state index < -0.39 is 20.0 Å². The summed E-state index contributed by atoms with van der Waals surface area (Å²) in [4.78, 5) is 15.1. The van der Waals surface area contributed by atoms with Crippen molar-refractivity contribution in [3.05, 3.63) is 30.5 Å². The van der Waals surface area contributed by atoms with Gasteiger partial charge in [-0.3, -0.25) is 0 Å². The molecule has 3 N–H and O–H groups in total. The summed E-state index contributed by atoms with van der Waals surface area (Å²) >= 11 is 0.476. The molecule has 0 bridgehead atoms. The number of nitrogens with two attached hydrogens (primary N) is 1. The van der Waals surface area contributed by atoms with Crippen molar-refractivity contribution in [3.8, 4) is 0 Å². The number of aromatic amines is 1. The normalized spacial score (nSPS) is 19.5. The minimum absolute atomic E-state index is 0.0418. The van der Waals surface area contributed by atoms with E-state index in [9.17, 15) is 19.4 Å². The number of hydrogen-bond donors (Lipinski definition) is 2. The van der Waals surface area contributed by atoms with E-state index in [4.69, 9.17) is 5.73 Å². The van der Waals surface area contributed by atoms with Crippen LogP contribution in [-0.2, 0) is 0 Å². The Morgan fingerprint density at radius 1 is 1.10 bits per heavy atom. The topological polar surface area (TPSA) is 83.7 Å².